The van der Waals surface area contributed by atoms with E-state index in [4.69, 9.17) is 4.74 Å². The minimum Gasteiger partial charge on any atom is -0.494 e. The van der Waals surface area contributed by atoms with E-state index in [0.29, 0.717) is 27.1 Å². The zero-order valence-electron chi connectivity index (χ0n) is 13.1. The minimum atomic E-state index is -0.474. The number of hydrogen-bond acceptors (Lipinski definition) is 6. The summed E-state index contributed by atoms with van der Waals surface area (Å²) in [5.74, 6) is 0.297. The van der Waals surface area contributed by atoms with E-state index in [2.05, 4.69) is 10.3 Å². The standard InChI is InChI=1S/C17H13N3O4S/c1-24-14-8-3-2-7-13(14)18-17-19-16(21)15(25-17)10-11-5-4-6-12(9-11)20(22)23/h2-10H,1H3,(H,18,19,21). The van der Waals surface area contributed by atoms with Crippen molar-refractivity contribution < 1.29 is 14.5 Å². The number of nitrogens with zero attached hydrogens (tertiary/aromatic N) is 2. The van der Waals surface area contributed by atoms with Gasteiger partial charge in [0.1, 0.15) is 11.4 Å². The van der Waals surface area contributed by atoms with Gasteiger partial charge in [-0.1, -0.05) is 24.3 Å². The lowest BCUT2D eigenvalue weighted by Gasteiger charge is -2.03. The van der Waals surface area contributed by atoms with Gasteiger partial charge in [-0.3, -0.25) is 14.9 Å². The van der Waals surface area contributed by atoms with Crippen molar-refractivity contribution >= 4 is 40.3 Å². The topological polar surface area (TPSA) is 93.8 Å². The summed E-state index contributed by atoms with van der Waals surface area (Å²) < 4.78 is 5.23. The molecule has 126 valence electrons. The third-order valence-electron chi connectivity index (χ3n) is 3.34. The van der Waals surface area contributed by atoms with Crippen LogP contribution in [0, 0.1) is 10.1 Å². The van der Waals surface area contributed by atoms with Crippen LogP contribution in [0.1, 0.15) is 5.56 Å². The van der Waals surface area contributed by atoms with E-state index >= 15 is 0 Å². The Bertz CT molecular complexity index is 908. The highest BCUT2D eigenvalue weighted by Crippen LogP contribution is 2.32. The van der Waals surface area contributed by atoms with Gasteiger partial charge in [-0.15, -0.1) is 0 Å². The molecule has 1 fully saturated rings. The predicted octanol–water partition coefficient (Wildman–Crippen LogP) is 3.50. The number of amidine groups is 1. The van der Waals surface area contributed by atoms with Crippen LogP contribution < -0.4 is 10.1 Å². The minimum absolute atomic E-state index is 0.0272. The summed E-state index contributed by atoms with van der Waals surface area (Å²) in [5.41, 5.74) is 1.15. The van der Waals surface area contributed by atoms with Gasteiger partial charge in [-0.2, -0.15) is 0 Å². The Morgan fingerprint density at radius 1 is 1.24 bits per heavy atom. The summed E-state index contributed by atoms with van der Waals surface area (Å²) in [7, 11) is 1.55. The van der Waals surface area contributed by atoms with Crippen LogP contribution in [0.4, 0.5) is 11.4 Å². The van der Waals surface area contributed by atoms with Crippen molar-refractivity contribution in [3.05, 3.63) is 69.1 Å². The Morgan fingerprint density at radius 2 is 2.04 bits per heavy atom. The molecule has 3 rings (SSSR count). The number of carbonyl (C=O) groups is 1. The number of aliphatic imine (C=N–C) groups is 1. The van der Waals surface area contributed by atoms with Gasteiger partial charge >= 0.3 is 0 Å². The number of non-ortho nitro benzene ring substituents is 1. The van der Waals surface area contributed by atoms with E-state index in [1.807, 2.05) is 12.1 Å². The third kappa shape index (κ3) is 3.86. The molecule has 0 atom stereocenters. The average Bonchev–Trinajstić information content (AvgIpc) is 2.94. The van der Waals surface area contributed by atoms with Gasteiger partial charge in [-0.25, -0.2) is 4.99 Å². The van der Waals surface area contributed by atoms with E-state index in [9.17, 15) is 14.9 Å². The Kier molecular flexibility index (Phi) is 4.80. The number of nitro benzene ring substituents is 1. The summed E-state index contributed by atoms with van der Waals surface area (Å²) in [6.45, 7) is 0. The van der Waals surface area contributed by atoms with Crippen molar-refractivity contribution in [2.75, 3.05) is 7.11 Å². The lowest BCUT2D eigenvalue weighted by atomic mass is 10.2. The van der Waals surface area contributed by atoms with Crippen molar-refractivity contribution in [1.29, 1.82) is 0 Å². The molecule has 0 aromatic heterocycles. The molecule has 1 amide bonds. The van der Waals surface area contributed by atoms with Gasteiger partial charge in [0, 0.05) is 12.1 Å². The molecular formula is C17H13N3O4S. The first kappa shape index (κ1) is 16.7. The second-order valence-electron chi connectivity index (χ2n) is 5.01. The number of benzene rings is 2. The quantitative estimate of drug-likeness (QED) is 0.515. The van der Waals surface area contributed by atoms with Crippen molar-refractivity contribution in [2.24, 2.45) is 4.99 Å². The van der Waals surface area contributed by atoms with Gasteiger partial charge in [0.05, 0.1) is 16.9 Å². The second kappa shape index (κ2) is 7.18. The van der Waals surface area contributed by atoms with E-state index in [1.54, 1.807) is 37.5 Å². The molecule has 1 heterocycles. The smallest absolute Gasteiger partial charge is 0.270 e. The van der Waals surface area contributed by atoms with Crippen molar-refractivity contribution in [1.82, 2.24) is 5.32 Å². The molecule has 0 bridgehead atoms. The summed E-state index contributed by atoms with van der Waals surface area (Å²) in [4.78, 5) is 27.3. The Hall–Kier alpha value is -3.13. The molecule has 25 heavy (non-hydrogen) atoms. The van der Waals surface area contributed by atoms with Crippen LogP contribution >= 0.6 is 11.8 Å². The molecule has 2 aromatic rings. The van der Waals surface area contributed by atoms with E-state index in [0.717, 1.165) is 0 Å². The van der Waals surface area contributed by atoms with E-state index < -0.39 is 4.92 Å². The predicted molar refractivity (Wildman–Crippen MR) is 96.9 cm³/mol. The zero-order valence-corrected chi connectivity index (χ0v) is 13.9. The highest BCUT2D eigenvalue weighted by atomic mass is 32.2. The number of nitrogens with one attached hydrogen (secondary N) is 1. The number of ether oxygens (including phenoxy) is 1. The van der Waals surface area contributed by atoms with Gasteiger partial charge < -0.3 is 10.1 Å². The number of hydrogen-bond donors (Lipinski definition) is 1. The van der Waals surface area contributed by atoms with Crippen LogP contribution in [0.5, 0.6) is 5.75 Å². The molecule has 2 aromatic carbocycles. The number of rotatable bonds is 4. The fourth-order valence-electron chi connectivity index (χ4n) is 2.19. The van der Waals surface area contributed by atoms with Gasteiger partial charge in [0.15, 0.2) is 5.17 Å². The summed E-state index contributed by atoms with van der Waals surface area (Å²) in [6.07, 6.45) is 1.59. The number of thioether (sulfide) groups is 1. The SMILES string of the molecule is COc1ccccc1N=C1NC(=O)C(=Cc2cccc([N+](=O)[O-])c2)S1. The molecule has 0 saturated carbocycles. The zero-order chi connectivity index (χ0) is 17.8. The monoisotopic (exact) mass is 355 g/mol. The maximum absolute atomic E-state index is 12.1. The number of para-hydroxylation sites is 2. The molecular weight excluding hydrogens is 342 g/mol. The summed E-state index contributed by atoms with van der Waals surface area (Å²) in [6, 6.07) is 13.3. The molecule has 8 heteroatoms. The lowest BCUT2D eigenvalue weighted by Crippen LogP contribution is -2.19. The van der Waals surface area contributed by atoms with E-state index in [-0.39, 0.29) is 11.6 Å². The largest absolute Gasteiger partial charge is 0.494 e. The Labute approximate surface area is 147 Å². The molecule has 1 aliphatic heterocycles. The van der Waals surface area contributed by atoms with Crippen LogP contribution in [0.25, 0.3) is 6.08 Å². The third-order valence-corrected chi connectivity index (χ3v) is 4.25. The normalized spacial score (nSPS) is 16.9. The lowest BCUT2D eigenvalue weighted by molar-refractivity contribution is -0.384. The highest BCUT2D eigenvalue weighted by Gasteiger charge is 2.24. The second-order valence-corrected chi connectivity index (χ2v) is 6.04. The van der Waals surface area contributed by atoms with Crippen LogP contribution in [0.3, 0.4) is 0 Å². The van der Waals surface area contributed by atoms with Crippen molar-refractivity contribution in [2.45, 2.75) is 0 Å². The molecule has 0 spiro atoms. The Morgan fingerprint density at radius 3 is 2.80 bits per heavy atom. The number of amides is 1. The fraction of sp³-hybridized carbons (Fsp3) is 0.0588. The van der Waals surface area contributed by atoms with Crippen LogP contribution in [-0.4, -0.2) is 23.1 Å². The maximum atomic E-state index is 12.1. The van der Waals surface area contributed by atoms with Crippen molar-refractivity contribution in [3.8, 4) is 5.75 Å². The first-order valence-corrected chi connectivity index (χ1v) is 8.05. The Balaban J connectivity index is 1.86. The summed E-state index contributed by atoms with van der Waals surface area (Å²) in [5, 5.41) is 13.9. The van der Waals surface area contributed by atoms with Crippen LogP contribution in [0.15, 0.2) is 58.4 Å². The van der Waals surface area contributed by atoms with Crippen LogP contribution in [-0.2, 0) is 4.79 Å². The first-order chi connectivity index (χ1) is 12.1. The van der Waals surface area contributed by atoms with Crippen molar-refractivity contribution in [3.63, 3.8) is 0 Å². The molecule has 1 aliphatic rings. The number of nitro groups is 1. The van der Waals surface area contributed by atoms with E-state index in [1.165, 1.54) is 23.9 Å². The maximum Gasteiger partial charge on any atom is 0.270 e. The summed E-state index contributed by atoms with van der Waals surface area (Å²) >= 11 is 1.17. The van der Waals surface area contributed by atoms with Crippen LogP contribution in [0.2, 0.25) is 0 Å². The molecule has 1 saturated heterocycles. The highest BCUT2D eigenvalue weighted by molar-refractivity contribution is 8.18. The van der Waals surface area contributed by atoms with Gasteiger partial charge in [0.25, 0.3) is 11.6 Å². The molecule has 0 aliphatic carbocycles. The first-order valence-electron chi connectivity index (χ1n) is 7.24. The molecule has 0 radical (unpaired) electrons. The molecule has 7 nitrogen and oxygen atoms in total. The number of carbonyl (C=O) groups excluding carboxylic acids is 1. The average molecular weight is 355 g/mol. The fourth-order valence-corrected chi connectivity index (χ4v) is 3.03. The molecule has 1 N–H and O–H groups in total. The van der Waals surface area contributed by atoms with Gasteiger partial charge in [-0.05, 0) is 35.5 Å². The number of methoxy groups -OCH3 is 1. The van der Waals surface area contributed by atoms with Gasteiger partial charge in [0.2, 0.25) is 0 Å². The molecule has 0 unspecified atom stereocenters.